The van der Waals surface area contributed by atoms with Crippen LogP contribution in [-0.4, -0.2) is 52.8 Å². The zero-order chi connectivity index (χ0) is 19.6. The molecule has 0 spiro atoms. The molecule has 0 saturated heterocycles. The average molecular weight is 499 g/mol. The van der Waals surface area contributed by atoms with Crippen molar-refractivity contribution >= 4 is 29.9 Å². The van der Waals surface area contributed by atoms with Crippen LogP contribution < -0.4 is 14.8 Å². The van der Waals surface area contributed by atoms with Gasteiger partial charge in [-0.2, -0.15) is 0 Å². The molecule has 6 nitrogen and oxygen atoms in total. The number of hydrogen-bond acceptors (Lipinski definition) is 4. The summed E-state index contributed by atoms with van der Waals surface area (Å²) in [6, 6.07) is 16.0. The molecule has 1 unspecified atom stereocenters. The lowest BCUT2D eigenvalue weighted by molar-refractivity contribution is 0.106. The van der Waals surface area contributed by atoms with Crippen LogP contribution in [0.4, 0.5) is 0 Å². The Balaban J connectivity index is 0.00000392. The van der Waals surface area contributed by atoms with Crippen molar-refractivity contribution in [2.75, 3.05) is 42.0 Å². The lowest BCUT2D eigenvalue weighted by atomic mass is 10.1. The normalized spacial score (nSPS) is 12.0. The third kappa shape index (κ3) is 6.56. The minimum Gasteiger partial charge on any atom is -0.497 e. The van der Waals surface area contributed by atoms with E-state index >= 15 is 0 Å². The Morgan fingerprint density at radius 2 is 1.79 bits per heavy atom. The second-order valence-corrected chi connectivity index (χ2v) is 6.10. The summed E-state index contributed by atoms with van der Waals surface area (Å²) in [4.78, 5) is 6.43. The van der Waals surface area contributed by atoms with E-state index in [1.807, 2.05) is 48.3 Å². The maximum absolute atomic E-state index is 5.62. The third-order valence-electron chi connectivity index (χ3n) is 4.38. The highest BCUT2D eigenvalue weighted by atomic mass is 127. The number of nitrogens with one attached hydrogen (secondary N) is 1. The van der Waals surface area contributed by atoms with Crippen LogP contribution in [0.3, 0.4) is 0 Å². The molecule has 2 rings (SSSR count). The maximum atomic E-state index is 5.62. The number of hydrogen-bond donors (Lipinski definition) is 1. The lowest BCUT2D eigenvalue weighted by Crippen LogP contribution is -2.40. The fourth-order valence-corrected chi connectivity index (χ4v) is 2.89. The number of ether oxygens (including phenoxy) is 3. The van der Waals surface area contributed by atoms with E-state index in [1.54, 1.807) is 28.4 Å². The standard InChI is InChI=1S/C21H29N3O3.HI/c1-22-21(23-14-20(27-5)16-9-7-6-8-10-16)24(2)15-17-11-12-18(25-3)13-19(17)26-4;/h6-13,20H,14-15H2,1-5H3,(H,22,23);1H. The molecule has 0 saturated carbocycles. The Hall–Kier alpha value is -2.00. The molecule has 0 heterocycles. The summed E-state index contributed by atoms with van der Waals surface area (Å²) < 4.78 is 16.4. The van der Waals surface area contributed by atoms with Crippen molar-refractivity contribution in [3.63, 3.8) is 0 Å². The van der Waals surface area contributed by atoms with E-state index < -0.39 is 0 Å². The molecule has 0 amide bonds. The summed E-state index contributed by atoms with van der Waals surface area (Å²) in [5.74, 6) is 2.34. The lowest BCUT2D eigenvalue weighted by Gasteiger charge is -2.25. The summed E-state index contributed by atoms with van der Waals surface area (Å²) in [6.07, 6.45) is -0.0492. The van der Waals surface area contributed by atoms with Gasteiger partial charge >= 0.3 is 0 Å². The van der Waals surface area contributed by atoms with Crippen molar-refractivity contribution in [2.45, 2.75) is 12.6 Å². The predicted octanol–water partition coefficient (Wildman–Crippen LogP) is 3.72. The van der Waals surface area contributed by atoms with Crippen molar-refractivity contribution in [3.05, 3.63) is 59.7 Å². The van der Waals surface area contributed by atoms with E-state index in [9.17, 15) is 0 Å². The van der Waals surface area contributed by atoms with Crippen LogP contribution in [0.1, 0.15) is 17.2 Å². The van der Waals surface area contributed by atoms with Crippen LogP contribution in [-0.2, 0) is 11.3 Å². The molecular weight excluding hydrogens is 469 g/mol. The second-order valence-electron chi connectivity index (χ2n) is 6.10. The molecule has 0 aromatic heterocycles. The van der Waals surface area contributed by atoms with Gasteiger partial charge in [0.2, 0.25) is 0 Å². The van der Waals surface area contributed by atoms with E-state index in [2.05, 4.69) is 22.4 Å². The molecule has 1 atom stereocenters. The number of halogens is 1. The SMILES string of the molecule is CN=C(NCC(OC)c1ccccc1)N(C)Cc1ccc(OC)cc1OC.I. The molecule has 0 aliphatic heterocycles. The van der Waals surface area contributed by atoms with Gasteiger partial charge in [-0.05, 0) is 17.7 Å². The first-order valence-corrected chi connectivity index (χ1v) is 8.83. The fraction of sp³-hybridized carbons (Fsp3) is 0.381. The predicted molar refractivity (Wildman–Crippen MR) is 124 cm³/mol. The van der Waals surface area contributed by atoms with Gasteiger partial charge in [-0.3, -0.25) is 4.99 Å². The molecular formula is C21H30IN3O3. The van der Waals surface area contributed by atoms with Crippen molar-refractivity contribution in [1.82, 2.24) is 10.2 Å². The Labute approximate surface area is 184 Å². The zero-order valence-electron chi connectivity index (χ0n) is 17.1. The molecule has 0 fully saturated rings. The van der Waals surface area contributed by atoms with Gasteiger partial charge < -0.3 is 24.4 Å². The van der Waals surface area contributed by atoms with E-state index in [0.717, 1.165) is 28.6 Å². The smallest absolute Gasteiger partial charge is 0.193 e. The number of nitrogens with zero attached hydrogens (tertiary/aromatic N) is 2. The topological polar surface area (TPSA) is 55.3 Å². The third-order valence-corrected chi connectivity index (χ3v) is 4.38. The van der Waals surface area contributed by atoms with Gasteiger partial charge in [-0.1, -0.05) is 30.3 Å². The molecule has 0 bridgehead atoms. The van der Waals surface area contributed by atoms with Gasteiger partial charge in [-0.25, -0.2) is 0 Å². The zero-order valence-corrected chi connectivity index (χ0v) is 19.5. The molecule has 0 radical (unpaired) electrons. The molecule has 1 N–H and O–H groups in total. The molecule has 2 aromatic rings. The maximum Gasteiger partial charge on any atom is 0.193 e. The number of rotatable bonds is 8. The molecule has 28 heavy (non-hydrogen) atoms. The highest BCUT2D eigenvalue weighted by molar-refractivity contribution is 14.0. The monoisotopic (exact) mass is 499 g/mol. The molecule has 154 valence electrons. The summed E-state index contributed by atoms with van der Waals surface area (Å²) in [5.41, 5.74) is 2.18. The van der Waals surface area contributed by atoms with Gasteiger partial charge in [0.05, 0.1) is 20.3 Å². The first-order valence-electron chi connectivity index (χ1n) is 8.83. The molecule has 2 aromatic carbocycles. The van der Waals surface area contributed by atoms with Gasteiger partial charge in [0, 0.05) is 45.9 Å². The van der Waals surface area contributed by atoms with Crippen molar-refractivity contribution < 1.29 is 14.2 Å². The summed E-state index contributed by atoms with van der Waals surface area (Å²) in [6.45, 7) is 1.27. The van der Waals surface area contributed by atoms with Gasteiger partial charge in [0.25, 0.3) is 0 Å². The minimum absolute atomic E-state index is 0. The van der Waals surface area contributed by atoms with Crippen LogP contribution in [0.2, 0.25) is 0 Å². The van der Waals surface area contributed by atoms with Crippen LogP contribution in [0.25, 0.3) is 0 Å². The summed E-state index contributed by atoms with van der Waals surface area (Å²) >= 11 is 0. The average Bonchev–Trinajstić information content (AvgIpc) is 2.72. The van der Waals surface area contributed by atoms with Crippen LogP contribution in [0.15, 0.2) is 53.5 Å². The highest BCUT2D eigenvalue weighted by Gasteiger charge is 2.14. The van der Waals surface area contributed by atoms with E-state index in [0.29, 0.717) is 13.1 Å². The molecule has 0 aliphatic carbocycles. The minimum atomic E-state index is -0.0492. The quantitative estimate of drug-likeness (QED) is 0.341. The fourth-order valence-electron chi connectivity index (χ4n) is 2.89. The molecule has 0 aliphatic rings. The second kappa shape index (κ2) is 12.5. The largest absolute Gasteiger partial charge is 0.497 e. The van der Waals surface area contributed by atoms with Gasteiger partial charge in [0.1, 0.15) is 11.5 Å². The van der Waals surface area contributed by atoms with E-state index in [4.69, 9.17) is 14.2 Å². The van der Waals surface area contributed by atoms with Gasteiger partial charge in [0.15, 0.2) is 5.96 Å². The first kappa shape index (κ1) is 24.0. The highest BCUT2D eigenvalue weighted by Crippen LogP contribution is 2.25. The van der Waals surface area contributed by atoms with Crippen molar-refractivity contribution in [1.29, 1.82) is 0 Å². The van der Waals surface area contributed by atoms with Crippen LogP contribution >= 0.6 is 24.0 Å². The number of methoxy groups -OCH3 is 3. The Morgan fingerprint density at radius 1 is 1.07 bits per heavy atom. The summed E-state index contributed by atoms with van der Waals surface area (Å²) in [5, 5.41) is 3.38. The van der Waals surface area contributed by atoms with E-state index in [1.165, 1.54) is 0 Å². The Bertz CT molecular complexity index is 741. The number of guanidine groups is 1. The van der Waals surface area contributed by atoms with Crippen molar-refractivity contribution in [3.8, 4) is 11.5 Å². The van der Waals surface area contributed by atoms with Crippen LogP contribution in [0, 0.1) is 0 Å². The summed E-state index contributed by atoms with van der Waals surface area (Å²) in [7, 11) is 8.78. The van der Waals surface area contributed by atoms with E-state index in [-0.39, 0.29) is 30.1 Å². The first-order chi connectivity index (χ1) is 13.1. The number of aliphatic imine (C=N–C) groups is 1. The molecule has 7 heteroatoms. The Kier molecular flexibility index (Phi) is 10.7. The Morgan fingerprint density at radius 3 is 2.36 bits per heavy atom. The van der Waals surface area contributed by atoms with Gasteiger partial charge in [-0.15, -0.1) is 24.0 Å². The van der Waals surface area contributed by atoms with Crippen molar-refractivity contribution in [2.24, 2.45) is 4.99 Å². The number of benzene rings is 2. The van der Waals surface area contributed by atoms with Crippen LogP contribution in [0.5, 0.6) is 11.5 Å².